The van der Waals surface area contributed by atoms with Crippen molar-refractivity contribution in [3.63, 3.8) is 0 Å². The minimum Gasteiger partial charge on any atom is -0.493 e. The molecule has 0 saturated carbocycles. The molecule has 0 fully saturated rings. The normalized spacial score (nSPS) is 10.6. The average molecular weight is 547 g/mol. The molecule has 1 aromatic heterocycles. The zero-order valence-corrected chi connectivity index (χ0v) is 19.0. The Morgan fingerprint density at radius 3 is 2.62 bits per heavy atom. The largest absolute Gasteiger partial charge is 0.493 e. The van der Waals surface area contributed by atoms with Gasteiger partial charge in [-0.3, -0.25) is 9.59 Å². The Bertz CT molecular complexity index is 1140. The summed E-state index contributed by atoms with van der Waals surface area (Å²) in [4.78, 5) is 36.0. The molecule has 0 aliphatic carbocycles. The molecule has 0 aliphatic heterocycles. The number of halogens is 1. The van der Waals surface area contributed by atoms with Crippen LogP contribution < -0.4 is 20.2 Å². The van der Waals surface area contributed by atoms with Crippen molar-refractivity contribution in [1.82, 2.24) is 10.7 Å². The van der Waals surface area contributed by atoms with Crippen LogP contribution in [0.25, 0.3) is 0 Å². The number of carbonyl (C=O) groups is 3. The summed E-state index contributed by atoms with van der Waals surface area (Å²) in [7, 11) is 1.45. The average Bonchev–Trinajstić information content (AvgIpc) is 3.33. The van der Waals surface area contributed by atoms with Crippen molar-refractivity contribution in [2.24, 2.45) is 5.10 Å². The van der Waals surface area contributed by atoms with Gasteiger partial charge in [-0.15, -0.1) is 0 Å². The zero-order chi connectivity index (χ0) is 22.9. The van der Waals surface area contributed by atoms with Gasteiger partial charge in [0.05, 0.1) is 31.7 Å². The molecule has 2 aromatic carbocycles. The molecule has 32 heavy (non-hydrogen) atoms. The van der Waals surface area contributed by atoms with E-state index in [9.17, 15) is 14.4 Å². The number of ether oxygens (including phenoxy) is 2. The van der Waals surface area contributed by atoms with E-state index in [1.54, 1.807) is 36.4 Å². The fourth-order valence-electron chi connectivity index (χ4n) is 2.50. The number of rotatable bonds is 8. The lowest BCUT2D eigenvalue weighted by Crippen LogP contribution is -2.34. The maximum Gasteiger partial charge on any atom is 0.344 e. The molecule has 2 N–H and O–H groups in total. The first-order chi connectivity index (χ1) is 15.5. The van der Waals surface area contributed by atoms with Gasteiger partial charge in [-0.2, -0.15) is 5.10 Å². The molecular formula is C22H18IN3O6. The van der Waals surface area contributed by atoms with Crippen molar-refractivity contribution < 1.29 is 28.3 Å². The molecule has 3 rings (SSSR count). The van der Waals surface area contributed by atoms with E-state index in [1.165, 1.54) is 25.7 Å². The summed E-state index contributed by atoms with van der Waals surface area (Å²) in [6, 6.07) is 15.0. The zero-order valence-electron chi connectivity index (χ0n) is 16.8. The van der Waals surface area contributed by atoms with Crippen LogP contribution in [0.3, 0.4) is 0 Å². The molecule has 9 nitrogen and oxygen atoms in total. The Morgan fingerprint density at radius 2 is 1.91 bits per heavy atom. The van der Waals surface area contributed by atoms with Gasteiger partial charge in [0, 0.05) is 3.57 Å². The molecule has 0 unspecified atom stereocenters. The first-order valence-corrected chi connectivity index (χ1v) is 10.3. The standard InChI is InChI=1S/C22H18IN3O6/c1-30-19-11-14(8-9-17(19)32-22(29)15-5-2-3-6-16(15)23)12-25-26-20(27)13-24-21(28)18-7-4-10-31-18/h2-12H,13H2,1H3,(H,24,28)(H,26,27)/b25-12-. The Labute approximate surface area is 196 Å². The van der Waals surface area contributed by atoms with Crippen LogP contribution in [0, 0.1) is 3.57 Å². The van der Waals surface area contributed by atoms with Crippen LogP contribution in [0.2, 0.25) is 0 Å². The smallest absolute Gasteiger partial charge is 0.344 e. The van der Waals surface area contributed by atoms with E-state index in [0.29, 0.717) is 16.9 Å². The van der Waals surface area contributed by atoms with E-state index < -0.39 is 17.8 Å². The second kappa shape index (κ2) is 11.1. The van der Waals surface area contributed by atoms with E-state index in [0.717, 1.165) is 3.57 Å². The number of benzene rings is 2. The molecule has 3 aromatic rings. The van der Waals surface area contributed by atoms with Gasteiger partial charge in [0.15, 0.2) is 17.3 Å². The maximum atomic E-state index is 12.4. The Morgan fingerprint density at radius 1 is 1.09 bits per heavy atom. The van der Waals surface area contributed by atoms with Gasteiger partial charge in [0.1, 0.15) is 0 Å². The van der Waals surface area contributed by atoms with Gasteiger partial charge in [-0.05, 0) is 70.6 Å². The van der Waals surface area contributed by atoms with Gasteiger partial charge < -0.3 is 19.2 Å². The number of esters is 1. The minimum atomic E-state index is -0.517. The summed E-state index contributed by atoms with van der Waals surface area (Å²) in [6.07, 6.45) is 2.75. The third-order valence-electron chi connectivity index (χ3n) is 4.04. The number of methoxy groups -OCH3 is 1. The summed E-state index contributed by atoms with van der Waals surface area (Å²) < 4.78 is 16.5. The monoisotopic (exact) mass is 547 g/mol. The first-order valence-electron chi connectivity index (χ1n) is 9.26. The predicted octanol–water partition coefficient (Wildman–Crippen LogP) is 2.99. The molecule has 1 heterocycles. The van der Waals surface area contributed by atoms with E-state index in [-0.39, 0.29) is 18.1 Å². The molecule has 0 atom stereocenters. The highest BCUT2D eigenvalue weighted by Gasteiger charge is 2.15. The Balaban J connectivity index is 1.56. The highest BCUT2D eigenvalue weighted by atomic mass is 127. The lowest BCUT2D eigenvalue weighted by molar-refractivity contribution is -0.120. The Hall–Kier alpha value is -3.67. The quantitative estimate of drug-likeness (QED) is 0.147. The van der Waals surface area contributed by atoms with E-state index >= 15 is 0 Å². The van der Waals surface area contributed by atoms with Gasteiger partial charge in [0.25, 0.3) is 11.8 Å². The molecule has 0 aliphatic rings. The molecule has 10 heteroatoms. The van der Waals surface area contributed by atoms with Crippen LogP contribution in [-0.2, 0) is 4.79 Å². The summed E-state index contributed by atoms with van der Waals surface area (Å²) >= 11 is 2.06. The second-order valence-electron chi connectivity index (χ2n) is 6.23. The highest BCUT2D eigenvalue weighted by molar-refractivity contribution is 14.1. The van der Waals surface area contributed by atoms with Crippen LogP contribution in [0.1, 0.15) is 26.5 Å². The molecule has 164 valence electrons. The molecule has 0 bridgehead atoms. The predicted molar refractivity (Wildman–Crippen MR) is 124 cm³/mol. The summed E-state index contributed by atoms with van der Waals surface area (Å²) in [5.74, 6) is -0.843. The van der Waals surface area contributed by atoms with Gasteiger partial charge >= 0.3 is 5.97 Å². The molecular weight excluding hydrogens is 529 g/mol. The SMILES string of the molecule is COc1cc(/C=N\NC(=O)CNC(=O)c2ccco2)ccc1OC(=O)c1ccccc1I. The number of hydrazone groups is 1. The number of hydrogen-bond acceptors (Lipinski definition) is 7. The molecule has 0 saturated heterocycles. The van der Waals surface area contributed by atoms with Crippen molar-refractivity contribution in [3.05, 3.63) is 81.3 Å². The topological polar surface area (TPSA) is 119 Å². The van der Waals surface area contributed by atoms with E-state index in [1.807, 2.05) is 12.1 Å². The van der Waals surface area contributed by atoms with Gasteiger partial charge in [0.2, 0.25) is 0 Å². The number of hydrogen-bond donors (Lipinski definition) is 2. The van der Waals surface area contributed by atoms with Crippen LogP contribution in [0.4, 0.5) is 0 Å². The Kier molecular flexibility index (Phi) is 7.97. The molecule has 0 radical (unpaired) electrons. The lowest BCUT2D eigenvalue weighted by Gasteiger charge is -2.10. The van der Waals surface area contributed by atoms with Crippen molar-refractivity contribution in [1.29, 1.82) is 0 Å². The van der Waals surface area contributed by atoms with Crippen LogP contribution >= 0.6 is 22.6 Å². The van der Waals surface area contributed by atoms with Gasteiger partial charge in [-0.1, -0.05) is 12.1 Å². The fraction of sp³-hybridized carbons (Fsp3) is 0.0909. The van der Waals surface area contributed by atoms with E-state index in [2.05, 4.69) is 38.4 Å². The number of nitrogens with one attached hydrogen (secondary N) is 2. The summed E-state index contributed by atoms with van der Waals surface area (Å²) in [6.45, 7) is -0.270. The fourth-order valence-corrected chi connectivity index (χ4v) is 3.11. The first kappa shape index (κ1) is 23.0. The van der Waals surface area contributed by atoms with Crippen LogP contribution in [-0.4, -0.2) is 37.7 Å². The molecule has 0 spiro atoms. The lowest BCUT2D eigenvalue weighted by atomic mass is 10.2. The highest BCUT2D eigenvalue weighted by Crippen LogP contribution is 2.28. The summed E-state index contributed by atoms with van der Waals surface area (Å²) in [5, 5.41) is 6.25. The summed E-state index contributed by atoms with van der Waals surface area (Å²) in [5.41, 5.74) is 3.34. The van der Waals surface area contributed by atoms with Crippen LogP contribution in [0.15, 0.2) is 70.4 Å². The maximum absolute atomic E-state index is 12.4. The number of amides is 2. The number of carbonyl (C=O) groups excluding carboxylic acids is 3. The minimum absolute atomic E-state index is 0.108. The second-order valence-corrected chi connectivity index (χ2v) is 7.40. The third-order valence-corrected chi connectivity index (χ3v) is 4.98. The van der Waals surface area contributed by atoms with Crippen LogP contribution in [0.5, 0.6) is 11.5 Å². The third kappa shape index (κ3) is 6.17. The number of furan rings is 1. The van der Waals surface area contributed by atoms with Crippen molar-refractivity contribution >= 4 is 46.6 Å². The van der Waals surface area contributed by atoms with Crippen molar-refractivity contribution in [2.75, 3.05) is 13.7 Å². The van der Waals surface area contributed by atoms with E-state index in [4.69, 9.17) is 13.9 Å². The number of nitrogens with zero attached hydrogens (tertiary/aromatic N) is 1. The molecule has 2 amide bonds. The van der Waals surface area contributed by atoms with Crippen molar-refractivity contribution in [2.45, 2.75) is 0 Å². The van der Waals surface area contributed by atoms with Gasteiger partial charge in [-0.25, -0.2) is 10.2 Å². The van der Waals surface area contributed by atoms with Crippen molar-refractivity contribution in [3.8, 4) is 11.5 Å².